The normalized spacial score (nSPS) is 20.0. The van der Waals surface area contributed by atoms with E-state index in [1.807, 2.05) is 4.90 Å². The van der Waals surface area contributed by atoms with Crippen LogP contribution in [-0.4, -0.2) is 58.3 Å². The number of anilines is 1. The number of carbonyl (C=O) groups is 1. The Balaban J connectivity index is 1.68. The van der Waals surface area contributed by atoms with E-state index in [0.717, 1.165) is 0 Å². The molecule has 3 heterocycles. The maximum atomic E-state index is 12.6. The van der Waals surface area contributed by atoms with E-state index in [4.69, 9.17) is 27.9 Å². The molecule has 0 aliphatic carbocycles. The predicted octanol–water partition coefficient (Wildman–Crippen LogP) is 2.67. The third-order valence-electron chi connectivity index (χ3n) is 5.09. The van der Waals surface area contributed by atoms with Crippen molar-refractivity contribution in [3.8, 4) is 0 Å². The van der Waals surface area contributed by atoms with Crippen molar-refractivity contribution in [1.29, 1.82) is 0 Å². The fourth-order valence-electron chi connectivity index (χ4n) is 3.27. The van der Waals surface area contributed by atoms with E-state index >= 15 is 0 Å². The Kier molecular flexibility index (Phi) is 6.38. The van der Waals surface area contributed by atoms with Gasteiger partial charge in [0.25, 0.3) is 5.91 Å². The van der Waals surface area contributed by atoms with Gasteiger partial charge in [-0.3, -0.25) is 4.79 Å². The second-order valence-corrected chi connectivity index (χ2v) is 8.43. The van der Waals surface area contributed by atoms with Gasteiger partial charge < -0.3 is 25.0 Å². The number of hydrogen-bond donors (Lipinski definition) is 3. The summed E-state index contributed by atoms with van der Waals surface area (Å²) in [5.41, 5.74) is 0.539. The maximum Gasteiger partial charge on any atom is 0.269 e. The molecule has 0 spiro atoms. The molecule has 1 fully saturated rings. The third-order valence-corrected chi connectivity index (χ3v) is 6.03. The van der Waals surface area contributed by atoms with Crippen LogP contribution in [0.4, 0.5) is 5.95 Å². The fraction of sp³-hybridized carbons (Fsp3) is 0.526. The number of aromatic nitrogens is 3. The van der Waals surface area contributed by atoms with E-state index in [0.29, 0.717) is 41.7 Å². The van der Waals surface area contributed by atoms with Crippen molar-refractivity contribution in [2.45, 2.75) is 44.9 Å². The SMILES string of the molecule is CO[C@H]1CN(c2ncc(C(C)(C)O)cn2)CC[C@H]1NC(=O)c1[nH]c(C)c(Cl)c1Cl. The average Bonchev–Trinajstić information content (AvgIpc) is 2.95. The molecule has 0 radical (unpaired) electrons. The summed E-state index contributed by atoms with van der Waals surface area (Å²) in [7, 11) is 1.61. The molecule has 0 aromatic carbocycles. The molecule has 2 atom stereocenters. The molecule has 3 rings (SSSR count). The van der Waals surface area contributed by atoms with Crippen molar-refractivity contribution in [3.63, 3.8) is 0 Å². The zero-order chi connectivity index (χ0) is 21.3. The molecular weight excluding hydrogens is 417 g/mol. The molecule has 1 saturated heterocycles. The van der Waals surface area contributed by atoms with Gasteiger partial charge in [0.15, 0.2) is 0 Å². The zero-order valence-corrected chi connectivity index (χ0v) is 18.3. The molecule has 2 aromatic heterocycles. The first-order valence-electron chi connectivity index (χ1n) is 9.29. The van der Waals surface area contributed by atoms with Crippen LogP contribution in [0.2, 0.25) is 10.0 Å². The number of amides is 1. The number of piperidine rings is 1. The maximum absolute atomic E-state index is 12.6. The number of carbonyl (C=O) groups excluding carboxylic acids is 1. The van der Waals surface area contributed by atoms with Crippen LogP contribution in [0.3, 0.4) is 0 Å². The quantitative estimate of drug-likeness (QED) is 0.658. The van der Waals surface area contributed by atoms with Crippen molar-refractivity contribution in [3.05, 3.63) is 39.4 Å². The van der Waals surface area contributed by atoms with E-state index in [9.17, 15) is 9.90 Å². The van der Waals surface area contributed by atoms with Gasteiger partial charge in [-0.05, 0) is 27.2 Å². The minimum Gasteiger partial charge on any atom is -0.386 e. The first-order chi connectivity index (χ1) is 13.6. The minimum absolute atomic E-state index is 0.196. The molecule has 1 aliphatic rings. The first kappa shape index (κ1) is 21.8. The lowest BCUT2D eigenvalue weighted by molar-refractivity contribution is 0.0537. The lowest BCUT2D eigenvalue weighted by Crippen LogP contribution is -2.55. The predicted molar refractivity (Wildman–Crippen MR) is 112 cm³/mol. The van der Waals surface area contributed by atoms with Gasteiger partial charge in [0.1, 0.15) is 5.69 Å². The van der Waals surface area contributed by atoms with Gasteiger partial charge >= 0.3 is 0 Å². The second-order valence-electron chi connectivity index (χ2n) is 7.67. The molecule has 1 aliphatic heterocycles. The number of nitrogens with one attached hydrogen (secondary N) is 2. The minimum atomic E-state index is -0.995. The molecule has 3 N–H and O–H groups in total. The summed E-state index contributed by atoms with van der Waals surface area (Å²) < 4.78 is 5.61. The van der Waals surface area contributed by atoms with Gasteiger partial charge in [0.05, 0.1) is 27.8 Å². The molecule has 1 amide bonds. The lowest BCUT2D eigenvalue weighted by atomic mass is 10.0. The van der Waals surface area contributed by atoms with Gasteiger partial charge in [-0.2, -0.15) is 0 Å². The molecule has 0 unspecified atom stereocenters. The van der Waals surface area contributed by atoms with Gasteiger partial charge in [-0.1, -0.05) is 23.2 Å². The highest BCUT2D eigenvalue weighted by molar-refractivity contribution is 6.44. The summed E-state index contributed by atoms with van der Waals surface area (Å²) >= 11 is 12.2. The van der Waals surface area contributed by atoms with Crippen LogP contribution < -0.4 is 10.2 Å². The highest BCUT2D eigenvalue weighted by atomic mass is 35.5. The largest absolute Gasteiger partial charge is 0.386 e. The number of rotatable bonds is 5. The third kappa shape index (κ3) is 4.66. The molecule has 158 valence electrons. The molecule has 2 aromatic rings. The summed E-state index contributed by atoms with van der Waals surface area (Å²) in [6, 6.07) is -0.196. The Bertz CT molecular complexity index is 879. The Labute approximate surface area is 179 Å². The number of aromatic amines is 1. The van der Waals surface area contributed by atoms with Crippen LogP contribution >= 0.6 is 23.2 Å². The number of methoxy groups -OCH3 is 1. The monoisotopic (exact) mass is 441 g/mol. The molecule has 29 heavy (non-hydrogen) atoms. The number of H-pyrrole nitrogens is 1. The first-order valence-corrected chi connectivity index (χ1v) is 10.0. The Morgan fingerprint density at radius 2 is 2.00 bits per heavy atom. The summed E-state index contributed by atoms with van der Waals surface area (Å²) in [6.45, 7) is 6.29. The van der Waals surface area contributed by atoms with Crippen LogP contribution in [0.1, 0.15) is 42.0 Å². The highest BCUT2D eigenvalue weighted by Crippen LogP contribution is 2.29. The molecule has 8 nitrogen and oxygen atoms in total. The smallest absolute Gasteiger partial charge is 0.269 e. The number of ether oxygens (including phenoxy) is 1. The summed E-state index contributed by atoms with van der Waals surface area (Å²) in [4.78, 5) is 26.3. The second kappa shape index (κ2) is 8.47. The molecule has 10 heteroatoms. The van der Waals surface area contributed by atoms with Crippen molar-refractivity contribution in [2.24, 2.45) is 0 Å². The number of halogens is 2. The van der Waals surface area contributed by atoms with Crippen LogP contribution in [0.5, 0.6) is 0 Å². The summed E-state index contributed by atoms with van der Waals surface area (Å²) in [6.07, 6.45) is 3.64. The number of hydrogen-bond acceptors (Lipinski definition) is 6. The van der Waals surface area contributed by atoms with Crippen molar-refractivity contribution >= 4 is 35.1 Å². The summed E-state index contributed by atoms with van der Waals surface area (Å²) in [5, 5.41) is 13.6. The van der Waals surface area contributed by atoms with Crippen molar-refractivity contribution in [1.82, 2.24) is 20.3 Å². The van der Waals surface area contributed by atoms with Crippen molar-refractivity contribution in [2.75, 3.05) is 25.1 Å². The molecule has 0 saturated carbocycles. The van der Waals surface area contributed by atoms with E-state index < -0.39 is 5.60 Å². The number of nitrogens with zero attached hydrogens (tertiary/aromatic N) is 3. The van der Waals surface area contributed by atoms with Gasteiger partial charge in [0, 0.05) is 43.9 Å². The van der Waals surface area contributed by atoms with E-state index in [-0.39, 0.29) is 28.8 Å². The van der Waals surface area contributed by atoms with E-state index in [1.165, 1.54) is 0 Å². The zero-order valence-electron chi connectivity index (χ0n) is 16.8. The number of aliphatic hydroxyl groups is 1. The number of aryl methyl sites for hydroxylation is 1. The Morgan fingerprint density at radius 3 is 2.52 bits per heavy atom. The summed E-state index contributed by atoms with van der Waals surface area (Å²) in [5.74, 6) is 0.232. The van der Waals surface area contributed by atoms with Crippen LogP contribution in [0.25, 0.3) is 0 Å². The average molecular weight is 442 g/mol. The lowest BCUT2D eigenvalue weighted by Gasteiger charge is -2.38. The van der Waals surface area contributed by atoms with Crippen molar-refractivity contribution < 1.29 is 14.6 Å². The van der Waals surface area contributed by atoms with Crippen LogP contribution in [0, 0.1) is 6.92 Å². The van der Waals surface area contributed by atoms with Gasteiger partial charge in [0.2, 0.25) is 5.95 Å². The Hall–Kier alpha value is -1.87. The van der Waals surface area contributed by atoms with Crippen LogP contribution in [-0.2, 0) is 10.3 Å². The van der Waals surface area contributed by atoms with Crippen LogP contribution in [0.15, 0.2) is 12.4 Å². The van der Waals surface area contributed by atoms with Gasteiger partial charge in [-0.15, -0.1) is 0 Å². The fourth-order valence-corrected chi connectivity index (χ4v) is 3.69. The topological polar surface area (TPSA) is 103 Å². The standard InChI is InChI=1S/C19H25Cl2N5O3/c1-10-14(20)15(21)16(24-10)17(27)25-12-5-6-26(9-13(12)29-4)18-22-7-11(8-23-18)19(2,3)28/h7-8,12-13,24,28H,5-6,9H2,1-4H3,(H,25,27)/t12-,13+/m1/s1. The molecule has 0 bridgehead atoms. The highest BCUT2D eigenvalue weighted by Gasteiger charge is 2.33. The van der Waals surface area contributed by atoms with E-state index in [1.54, 1.807) is 40.3 Å². The van der Waals surface area contributed by atoms with Gasteiger partial charge in [-0.25, -0.2) is 9.97 Å². The Morgan fingerprint density at radius 1 is 1.34 bits per heavy atom. The van der Waals surface area contributed by atoms with E-state index in [2.05, 4.69) is 20.3 Å². The molecular formula is C19H25Cl2N5O3.